The van der Waals surface area contributed by atoms with Gasteiger partial charge in [0, 0.05) is 0 Å². The minimum Gasteiger partial charge on any atom is -0.272 e. The summed E-state index contributed by atoms with van der Waals surface area (Å²) in [6.07, 6.45) is 0. The van der Waals surface area contributed by atoms with Crippen molar-refractivity contribution >= 4 is 21.8 Å². The average molecular weight is 297 g/mol. The van der Waals surface area contributed by atoms with Crippen molar-refractivity contribution in [3.8, 4) is 0 Å². The van der Waals surface area contributed by atoms with Gasteiger partial charge in [0.2, 0.25) is 0 Å². The molecule has 2 aromatic rings. The first kappa shape index (κ1) is 16.1. The van der Waals surface area contributed by atoms with E-state index in [2.05, 4.69) is 0 Å². The Morgan fingerprint density at radius 2 is 1.15 bits per heavy atom. The third-order valence-electron chi connectivity index (χ3n) is 2.16. The zero-order valence-corrected chi connectivity index (χ0v) is 11.6. The molecule has 0 unspecified atom stereocenters. The van der Waals surface area contributed by atoms with E-state index >= 15 is 0 Å². The Kier molecular flexibility index (Phi) is 6.13. The molecule has 2 N–H and O–H groups in total. The van der Waals surface area contributed by atoms with Crippen LogP contribution >= 0.6 is 0 Å². The second kappa shape index (κ2) is 7.61. The second-order valence-corrected chi connectivity index (χ2v) is 4.49. The summed E-state index contributed by atoms with van der Waals surface area (Å²) in [6.45, 7) is 0. The third-order valence-corrected chi connectivity index (χ3v) is 2.16. The molecule has 0 fully saturated rings. The van der Waals surface area contributed by atoms with E-state index in [1.807, 2.05) is 60.7 Å². The molecule has 0 spiro atoms. The Morgan fingerprint density at radius 3 is 1.40 bits per heavy atom. The molecular formula is C13H15NO5S. The van der Waals surface area contributed by atoms with Crippen molar-refractivity contribution in [3.05, 3.63) is 60.7 Å². The predicted octanol–water partition coefficient (Wildman–Crippen LogP) is 2.73. The van der Waals surface area contributed by atoms with Crippen LogP contribution in [0.3, 0.4) is 0 Å². The minimum absolute atomic E-state index is 1.02. The topological polar surface area (TPSA) is 87.1 Å². The van der Waals surface area contributed by atoms with Gasteiger partial charge in [-0.1, -0.05) is 36.4 Å². The molecule has 0 amide bonds. The number of nitrogens with zero attached hydrogens (tertiary/aromatic N) is 1. The summed E-state index contributed by atoms with van der Waals surface area (Å²) in [7, 11) is -3.00. The molecule has 0 aliphatic carbocycles. The highest BCUT2D eigenvalue weighted by Gasteiger charge is 2.06. The predicted molar refractivity (Wildman–Crippen MR) is 76.2 cm³/mol. The molecule has 0 saturated carbocycles. The molecule has 6 nitrogen and oxygen atoms in total. The lowest BCUT2D eigenvalue weighted by Crippen LogP contribution is -2.14. The lowest BCUT2D eigenvalue weighted by Gasteiger charge is -2.21. The fourth-order valence-corrected chi connectivity index (χ4v) is 1.49. The molecule has 0 heterocycles. The Balaban J connectivity index is 0.000000347. The van der Waals surface area contributed by atoms with Crippen LogP contribution < -0.4 is 5.06 Å². The van der Waals surface area contributed by atoms with Gasteiger partial charge >= 0.3 is 10.4 Å². The Bertz CT molecular complexity index is 554. The summed E-state index contributed by atoms with van der Waals surface area (Å²) in [4.78, 5) is 5.36. The van der Waals surface area contributed by atoms with Gasteiger partial charge in [-0.05, 0) is 24.3 Å². The monoisotopic (exact) mass is 297 g/mol. The van der Waals surface area contributed by atoms with Crippen molar-refractivity contribution in [3.63, 3.8) is 0 Å². The van der Waals surface area contributed by atoms with Crippen LogP contribution in [0.15, 0.2) is 60.7 Å². The molecule has 7 heteroatoms. The molecule has 20 heavy (non-hydrogen) atoms. The summed E-state index contributed by atoms with van der Waals surface area (Å²) in [6, 6.07) is 20.0. The Labute approximate surface area is 117 Å². The van der Waals surface area contributed by atoms with Gasteiger partial charge in [-0.3, -0.25) is 13.9 Å². The van der Waals surface area contributed by atoms with Crippen molar-refractivity contribution in [1.29, 1.82) is 0 Å². The van der Waals surface area contributed by atoms with Crippen molar-refractivity contribution < 1.29 is 22.4 Å². The minimum atomic E-state index is -4.67. The van der Waals surface area contributed by atoms with Gasteiger partial charge in [0.05, 0.1) is 18.5 Å². The van der Waals surface area contributed by atoms with E-state index in [4.69, 9.17) is 22.4 Å². The van der Waals surface area contributed by atoms with E-state index in [0.29, 0.717) is 0 Å². The summed E-state index contributed by atoms with van der Waals surface area (Å²) < 4.78 is 31.6. The van der Waals surface area contributed by atoms with Gasteiger partial charge in [-0.25, -0.2) is 5.06 Å². The average Bonchev–Trinajstić information content (AvgIpc) is 2.40. The van der Waals surface area contributed by atoms with E-state index in [1.54, 1.807) is 12.2 Å². The molecule has 108 valence electrons. The quantitative estimate of drug-likeness (QED) is 0.669. The smallest absolute Gasteiger partial charge is 0.272 e. The zero-order chi connectivity index (χ0) is 15.0. The van der Waals surface area contributed by atoms with Gasteiger partial charge in [-0.2, -0.15) is 8.42 Å². The summed E-state index contributed by atoms with van der Waals surface area (Å²) in [5.41, 5.74) is 2.04. The molecule has 0 aromatic heterocycles. The first-order valence-corrected chi connectivity index (χ1v) is 6.95. The van der Waals surface area contributed by atoms with Crippen molar-refractivity contribution in [1.82, 2.24) is 0 Å². The lowest BCUT2D eigenvalue weighted by atomic mass is 10.2. The maximum absolute atomic E-state index is 8.74. The van der Waals surface area contributed by atoms with Crippen LogP contribution in [-0.4, -0.2) is 24.6 Å². The van der Waals surface area contributed by atoms with Crippen molar-refractivity contribution in [2.24, 2.45) is 0 Å². The Morgan fingerprint density at radius 1 is 0.850 bits per heavy atom. The highest BCUT2D eigenvalue weighted by Crippen LogP contribution is 2.24. The van der Waals surface area contributed by atoms with E-state index < -0.39 is 10.4 Å². The van der Waals surface area contributed by atoms with Gasteiger partial charge in [-0.15, -0.1) is 0 Å². The number of hydrogen-bond acceptors (Lipinski definition) is 4. The molecule has 2 aromatic carbocycles. The number of benzene rings is 2. The van der Waals surface area contributed by atoms with Crippen LogP contribution in [0.1, 0.15) is 0 Å². The van der Waals surface area contributed by atoms with E-state index in [-0.39, 0.29) is 0 Å². The second-order valence-electron chi connectivity index (χ2n) is 3.60. The lowest BCUT2D eigenvalue weighted by molar-refractivity contribution is 0.201. The SMILES string of the molecule is CON(c1ccccc1)c1ccccc1.O=S(=O)(O)O. The maximum Gasteiger partial charge on any atom is 0.394 e. The highest BCUT2D eigenvalue weighted by atomic mass is 32.3. The molecule has 0 aliphatic heterocycles. The third kappa shape index (κ3) is 6.30. The number of rotatable bonds is 3. The molecular weight excluding hydrogens is 282 g/mol. The molecule has 0 bridgehead atoms. The summed E-state index contributed by atoms with van der Waals surface area (Å²) in [5.74, 6) is 0. The number of anilines is 2. The van der Waals surface area contributed by atoms with Crippen LogP contribution in [-0.2, 0) is 15.2 Å². The fourth-order valence-electron chi connectivity index (χ4n) is 1.49. The first-order valence-electron chi connectivity index (χ1n) is 5.56. The van der Waals surface area contributed by atoms with E-state index in [1.165, 1.54) is 0 Å². The van der Waals surface area contributed by atoms with Crippen LogP contribution in [0.4, 0.5) is 11.4 Å². The molecule has 2 rings (SSSR count). The largest absolute Gasteiger partial charge is 0.394 e. The van der Waals surface area contributed by atoms with E-state index in [9.17, 15) is 0 Å². The molecule has 0 radical (unpaired) electrons. The maximum atomic E-state index is 8.74. The van der Waals surface area contributed by atoms with E-state index in [0.717, 1.165) is 11.4 Å². The molecule has 0 saturated heterocycles. The Hall–Kier alpha value is -1.93. The summed E-state index contributed by atoms with van der Waals surface area (Å²) in [5, 5.41) is 1.79. The van der Waals surface area contributed by atoms with Gasteiger partial charge in [0.15, 0.2) is 0 Å². The zero-order valence-electron chi connectivity index (χ0n) is 10.7. The highest BCUT2D eigenvalue weighted by molar-refractivity contribution is 7.79. The fraction of sp³-hybridized carbons (Fsp3) is 0.0769. The molecule has 0 aliphatic rings. The van der Waals surface area contributed by atoms with Crippen molar-refractivity contribution in [2.75, 3.05) is 12.2 Å². The number of hydrogen-bond donors (Lipinski definition) is 2. The summed E-state index contributed by atoms with van der Waals surface area (Å²) >= 11 is 0. The van der Waals surface area contributed by atoms with Gasteiger partial charge in [0.1, 0.15) is 0 Å². The van der Waals surface area contributed by atoms with Crippen LogP contribution in [0.5, 0.6) is 0 Å². The standard InChI is InChI=1S/C13H13NO.H2O4S/c1-15-14(12-8-4-2-5-9-12)13-10-6-3-7-11-13;1-5(2,3)4/h2-11H,1H3;(H2,1,2,3,4). The normalized spacial score (nSPS) is 10.3. The van der Waals surface area contributed by atoms with Crippen LogP contribution in [0.25, 0.3) is 0 Å². The van der Waals surface area contributed by atoms with Crippen LogP contribution in [0.2, 0.25) is 0 Å². The first-order chi connectivity index (χ1) is 9.42. The van der Waals surface area contributed by atoms with Gasteiger partial charge < -0.3 is 0 Å². The van der Waals surface area contributed by atoms with Crippen molar-refractivity contribution in [2.45, 2.75) is 0 Å². The molecule has 0 atom stereocenters. The van der Waals surface area contributed by atoms with Gasteiger partial charge in [0.25, 0.3) is 0 Å². The van der Waals surface area contributed by atoms with Crippen LogP contribution in [0, 0.1) is 0 Å². The number of para-hydroxylation sites is 2.